The maximum atomic E-state index is 10.5. The average Bonchev–Trinajstić information content (AvgIpc) is 3.22. The molecule has 2 rings (SSSR count). The smallest absolute Gasteiger partial charge is 0.303 e. The van der Waals surface area contributed by atoms with Gasteiger partial charge in [0.05, 0.1) is 12.2 Å². The largest absolute Gasteiger partial charge is 0.481 e. The Bertz CT molecular complexity index is 387. The van der Waals surface area contributed by atoms with E-state index in [0.29, 0.717) is 43.7 Å². The summed E-state index contributed by atoms with van der Waals surface area (Å²) in [4.78, 5) is 10.5. The van der Waals surface area contributed by atoms with Crippen LogP contribution in [-0.2, 0) is 19.0 Å². The van der Waals surface area contributed by atoms with Crippen molar-refractivity contribution in [2.45, 2.75) is 89.8 Å². The number of hydrogen-bond acceptors (Lipinski definition) is 4. The predicted molar refractivity (Wildman–Crippen MR) is 101 cm³/mol. The van der Waals surface area contributed by atoms with E-state index in [1.807, 2.05) is 0 Å². The zero-order valence-electron chi connectivity index (χ0n) is 16.5. The maximum Gasteiger partial charge on any atom is 0.303 e. The molecule has 4 atom stereocenters. The number of hydrogen-bond donors (Lipinski definition) is 1. The third-order valence-corrected chi connectivity index (χ3v) is 5.85. The summed E-state index contributed by atoms with van der Waals surface area (Å²) in [6.45, 7) is 5.24. The second kappa shape index (κ2) is 12.7. The van der Waals surface area contributed by atoms with E-state index in [2.05, 4.69) is 6.92 Å². The van der Waals surface area contributed by atoms with Gasteiger partial charge < -0.3 is 19.3 Å². The van der Waals surface area contributed by atoms with E-state index in [-0.39, 0.29) is 6.42 Å². The molecule has 5 nitrogen and oxygen atoms in total. The lowest BCUT2D eigenvalue weighted by Crippen LogP contribution is -2.29. The third kappa shape index (κ3) is 7.53. The molecule has 0 amide bonds. The first-order valence-electron chi connectivity index (χ1n) is 10.7. The monoisotopic (exact) mass is 370 g/mol. The van der Waals surface area contributed by atoms with Crippen LogP contribution in [0.15, 0.2) is 0 Å². The van der Waals surface area contributed by atoms with Crippen LogP contribution in [0.4, 0.5) is 0 Å². The van der Waals surface area contributed by atoms with Gasteiger partial charge in [0.2, 0.25) is 0 Å². The number of carboxylic acids is 1. The summed E-state index contributed by atoms with van der Waals surface area (Å²) in [5.41, 5.74) is 0. The number of rotatable bonds is 16. The van der Waals surface area contributed by atoms with Gasteiger partial charge in [-0.25, -0.2) is 0 Å². The van der Waals surface area contributed by atoms with Gasteiger partial charge in [-0.15, -0.1) is 0 Å². The fourth-order valence-corrected chi connectivity index (χ4v) is 4.45. The SMILES string of the molecule is CCCCCCCOCC[C@@H]1[C@H](CCOCCCC(=O)O)[C@@H]2CC[C@H]1O2. The molecule has 2 saturated heterocycles. The highest BCUT2D eigenvalue weighted by Gasteiger charge is 2.47. The van der Waals surface area contributed by atoms with E-state index < -0.39 is 5.97 Å². The Morgan fingerprint density at radius 1 is 0.885 bits per heavy atom. The molecule has 2 aliphatic heterocycles. The summed E-state index contributed by atoms with van der Waals surface area (Å²) in [7, 11) is 0. The van der Waals surface area contributed by atoms with Gasteiger partial charge in [0.25, 0.3) is 0 Å². The Kier molecular flexibility index (Phi) is 10.6. The van der Waals surface area contributed by atoms with E-state index in [4.69, 9.17) is 19.3 Å². The summed E-state index contributed by atoms with van der Waals surface area (Å²) in [6, 6.07) is 0. The minimum absolute atomic E-state index is 0.190. The van der Waals surface area contributed by atoms with Gasteiger partial charge in [-0.05, 0) is 50.4 Å². The Morgan fingerprint density at radius 3 is 2.04 bits per heavy atom. The molecule has 2 heterocycles. The molecule has 2 aliphatic rings. The van der Waals surface area contributed by atoms with Crippen LogP contribution in [0.5, 0.6) is 0 Å². The highest BCUT2D eigenvalue weighted by molar-refractivity contribution is 5.66. The first-order valence-corrected chi connectivity index (χ1v) is 10.7. The summed E-state index contributed by atoms with van der Waals surface area (Å²) < 4.78 is 17.7. The molecule has 0 unspecified atom stereocenters. The van der Waals surface area contributed by atoms with Gasteiger partial charge in [0.15, 0.2) is 0 Å². The number of carboxylic acid groups (broad SMARTS) is 1. The molecule has 2 fully saturated rings. The van der Waals surface area contributed by atoms with E-state index >= 15 is 0 Å². The fraction of sp³-hybridized carbons (Fsp3) is 0.952. The van der Waals surface area contributed by atoms with Crippen LogP contribution in [-0.4, -0.2) is 49.7 Å². The molecule has 0 aromatic carbocycles. The van der Waals surface area contributed by atoms with Gasteiger partial charge in [0.1, 0.15) is 0 Å². The van der Waals surface area contributed by atoms with Crippen LogP contribution in [0.2, 0.25) is 0 Å². The van der Waals surface area contributed by atoms with E-state index in [0.717, 1.165) is 26.1 Å². The molecule has 1 N–H and O–H groups in total. The Balaban J connectivity index is 1.55. The molecule has 0 aromatic heterocycles. The first-order chi connectivity index (χ1) is 12.7. The van der Waals surface area contributed by atoms with Crippen LogP contribution in [0.3, 0.4) is 0 Å². The quantitative estimate of drug-likeness (QED) is 0.407. The van der Waals surface area contributed by atoms with E-state index in [1.54, 1.807) is 0 Å². The first kappa shape index (κ1) is 21.6. The molecule has 2 bridgehead atoms. The molecule has 0 saturated carbocycles. The number of aliphatic carboxylic acids is 1. The Morgan fingerprint density at radius 2 is 1.46 bits per heavy atom. The van der Waals surface area contributed by atoms with Crippen molar-refractivity contribution in [2.24, 2.45) is 11.8 Å². The van der Waals surface area contributed by atoms with Crippen molar-refractivity contribution in [2.75, 3.05) is 26.4 Å². The normalized spacial score (nSPS) is 27.3. The number of carbonyl (C=O) groups is 1. The fourth-order valence-electron chi connectivity index (χ4n) is 4.45. The van der Waals surface area contributed by atoms with Crippen LogP contribution in [0.25, 0.3) is 0 Å². The summed E-state index contributed by atoms with van der Waals surface area (Å²) in [6.07, 6.45) is 12.5. The molecule has 0 aromatic rings. The van der Waals surface area contributed by atoms with Gasteiger partial charge in [-0.2, -0.15) is 0 Å². The average molecular weight is 371 g/mol. The van der Waals surface area contributed by atoms with Crippen molar-refractivity contribution in [1.82, 2.24) is 0 Å². The van der Waals surface area contributed by atoms with Crippen LogP contribution >= 0.6 is 0 Å². The predicted octanol–water partition coefficient (Wildman–Crippen LogP) is 4.43. The summed E-state index contributed by atoms with van der Waals surface area (Å²) >= 11 is 0. The highest BCUT2D eigenvalue weighted by Crippen LogP contribution is 2.46. The summed E-state index contributed by atoms with van der Waals surface area (Å²) in [5.74, 6) is 0.443. The minimum Gasteiger partial charge on any atom is -0.481 e. The maximum absolute atomic E-state index is 10.5. The van der Waals surface area contributed by atoms with Crippen molar-refractivity contribution in [1.29, 1.82) is 0 Å². The Labute approximate surface area is 158 Å². The second-order valence-corrected chi connectivity index (χ2v) is 7.83. The minimum atomic E-state index is -0.750. The number of unbranched alkanes of at least 4 members (excludes halogenated alkanes) is 4. The molecule has 152 valence electrons. The van der Waals surface area contributed by atoms with Crippen LogP contribution in [0.1, 0.15) is 77.6 Å². The molecule has 5 heteroatoms. The van der Waals surface area contributed by atoms with Crippen molar-refractivity contribution in [3.05, 3.63) is 0 Å². The topological polar surface area (TPSA) is 65.0 Å². The summed E-state index contributed by atoms with van der Waals surface area (Å²) in [5, 5.41) is 8.64. The lowest BCUT2D eigenvalue weighted by atomic mass is 9.76. The molecule has 26 heavy (non-hydrogen) atoms. The number of ether oxygens (including phenoxy) is 3. The van der Waals surface area contributed by atoms with Crippen LogP contribution in [0, 0.1) is 11.8 Å². The zero-order valence-corrected chi connectivity index (χ0v) is 16.5. The van der Waals surface area contributed by atoms with E-state index in [1.165, 1.54) is 44.9 Å². The van der Waals surface area contributed by atoms with Gasteiger partial charge >= 0.3 is 5.97 Å². The molecule has 0 aliphatic carbocycles. The van der Waals surface area contributed by atoms with E-state index in [9.17, 15) is 4.79 Å². The van der Waals surface area contributed by atoms with Crippen molar-refractivity contribution < 1.29 is 24.1 Å². The van der Waals surface area contributed by atoms with Gasteiger partial charge in [-0.3, -0.25) is 4.79 Å². The molecular weight excluding hydrogens is 332 g/mol. The zero-order chi connectivity index (χ0) is 18.6. The van der Waals surface area contributed by atoms with Crippen molar-refractivity contribution >= 4 is 5.97 Å². The van der Waals surface area contributed by atoms with Crippen molar-refractivity contribution in [3.8, 4) is 0 Å². The molecule has 0 radical (unpaired) electrons. The lowest BCUT2D eigenvalue weighted by Gasteiger charge is -2.28. The molecular formula is C21H38O5. The number of fused-ring (bicyclic) bond motifs is 2. The van der Waals surface area contributed by atoms with Crippen LogP contribution < -0.4 is 0 Å². The molecule has 0 spiro atoms. The standard InChI is InChI=1S/C21H38O5/c1-2-3-4-5-6-13-24-15-11-17-18(20-10-9-19(17)26-20)12-16-25-14-7-8-21(22)23/h17-20H,2-16H2,1H3,(H,22,23)/t17-,18+,19-,20+/m1/s1. The van der Waals surface area contributed by atoms with Crippen molar-refractivity contribution in [3.63, 3.8) is 0 Å². The van der Waals surface area contributed by atoms with Gasteiger partial charge in [0, 0.05) is 32.8 Å². The third-order valence-electron chi connectivity index (χ3n) is 5.85. The Hall–Kier alpha value is -0.650. The highest BCUT2D eigenvalue weighted by atomic mass is 16.5. The second-order valence-electron chi connectivity index (χ2n) is 7.83. The lowest BCUT2D eigenvalue weighted by molar-refractivity contribution is -0.137. The van der Waals surface area contributed by atoms with Gasteiger partial charge in [-0.1, -0.05) is 32.6 Å².